The quantitative estimate of drug-likeness (QED) is 0.819. The highest BCUT2D eigenvalue weighted by molar-refractivity contribution is 5.08. The molecule has 4 heteroatoms. The van der Waals surface area contributed by atoms with E-state index < -0.39 is 0 Å². The first-order chi connectivity index (χ1) is 8.40. The van der Waals surface area contributed by atoms with Crippen molar-refractivity contribution in [2.75, 3.05) is 26.4 Å². The average Bonchev–Trinajstić information content (AvgIpc) is 2.88. The normalized spacial score (nSPS) is 22.5. The number of ether oxygens (including phenoxy) is 2. The van der Waals surface area contributed by atoms with E-state index in [1.807, 2.05) is 6.07 Å². The topological polar surface area (TPSA) is 43.6 Å². The molecule has 96 valence electrons. The Kier molecular flexibility index (Phi) is 5.04. The van der Waals surface area contributed by atoms with Crippen molar-refractivity contribution in [3.8, 4) is 0 Å². The molecule has 1 aromatic heterocycles. The van der Waals surface area contributed by atoms with Gasteiger partial charge in [-0.1, -0.05) is 6.92 Å². The van der Waals surface area contributed by atoms with Crippen molar-refractivity contribution in [1.29, 1.82) is 0 Å². The van der Waals surface area contributed by atoms with E-state index in [2.05, 4.69) is 12.2 Å². The zero-order chi connectivity index (χ0) is 11.9. The minimum Gasteiger partial charge on any atom is -0.472 e. The Balaban J connectivity index is 1.91. The third kappa shape index (κ3) is 3.84. The highest BCUT2D eigenvalue weighted by Gasteiger charge is 2.25. The lowest BCUT2D eigenvalue weighted by atomic mass is 10.0. The fourth-order valence-corrected chi connectivity index (χ4v) is 2.07. The fraction of sp³-hybridized carbons (Fsp3) is 0.692. The fourth-order valence-electron chi connectivity index (χ4n) is 2.07. The van der Waals surface area contributed by atoms with Gasteiger partial charge < -0.3 is 19.2 Å². The summed E-state index contributed by atoms with van der Waals surface area (Å²) in [5.41, 5.74) is 1.20. The second kappa shape index (κ2) is 6.79. The first kappa shape index (κ1) is 12.6. The number of furan rings is 1. The Bertz CT molecular complexity index is 294. The van der Waals surface area contributed by atoms with Gasteiger partial charge in [0.1, 0.15) is 0 Å². The van der Waals surface area contributed by atoms with Crippen molar-refractivity contribution in [2.24, 2.45) is 0 Å². The predicted molar refractivity (Wildman–Crippen MR) is 65.1 cm³/mol. The molecule has 0 spiro atoms. The molecule has 2 unspecified atom stereocenters. The van der Waals surface area contributed by atoms with Crippen LogP contribution in [0.25, 0.3) is 0 Å². The number of nitrogens with one attached hydrogen (secondary N) is 1. The van der Waals surface area contributed by atoms with Gasteiger partial charge >= 0.3 is 0 Å². The molecule has 1 N–H and O–H groups in total. The van der Waals surface area contributed by atoms with Gasteiger partial charge in [0.05, 0.1) is 38.5 Å². The molecule has 17 heavy (non-hydrogen) atoms. The highest BCUT2D eigenvalue weighted by Crippen LogP contribution is 2.12. The first-order valence-electron chi connectivity index (χ1n) is 6.34. The highest BCUT2D eigenvalue weighted by atomic mass is 16.6. The van der Waals surface area contributed by atoms with Gasteiger partial charge in [-0.15, -0.1) is 0 Å². The third-order valence-corrected chi connectivity index (χ3v) is 2.98. The zero-order valence-electron chi connectivity index (χ0n) is 10.4. The maximum absolute atomic E-state index is 5.77. The van der Waals surface area contributed by atoms with Crippen LogP contribution in [-0.2, 0) is 15.9 Å². The van der Waals surface area contributed by atoms with Gasteiger partial charge in [-0.25, -0.2) is 0 Å². The van der Waals surface area contributed by atoms with E-state index in [4.69, 9.17) is 13.9 Å². The van der Waals surface area contributed by atoms with Gasteiger partial charge in [-0.3, -0.25) is 0 Å². The molecule has 0 aliphatic carbocycles. The van der Waals surface area contributed by atoms with Gasteiger partial charge in [0.25, 0.3) is 0 Å². The molecule has 0 aromatic carbocycles. The number of hydrogen-bond acceptors (Lipinski definition) is 4. The van der Waals surface area contributed by atoms with Gasteiger partial charge in [0.2, 0.25) is 0 Å². The minimum atomic E-state index is 0.144. The summed E-state index contributed by atoms with van der Waals surface area (Å²) in [5, 5.41) is 3.53. The Hall–Kier alpha value is -0.840. The molecule has 0 amide bonds. The summed E-state index contributed by atoms with van der Waals surface area (Å²) in [5.74, 6) is 0. The standard InChI is InChI=1S/C13H21NO3/c1-2-4-14-12(8-11-3-5-15-9-11)13-10-16-6-7-17-13/h3,5,9,12-14H,2,4,6-8,10H2,1H3. The van der Waals surface area contributed by atoms with Gasteiger partial charge in [-0.05, 0) is 31.0 Å². The van der Waals surface area contributed by atoms with E-state index in [-0.39, 0.29) is 6.10 Å². The molecule has 0 saturated carbocycles. The van der Waals surface area contributed by atoms with E-state index in [1.165, 1.54) is 5.56 Å². The maximum Gasteiger partial charge on any atom is 0.0965 e. The summed E-state index contributed by atoms with van der Waals surface area (Å²) in [7, 11) is 0. The molecule has 2 atom stereocenters. The maximum atomic E-state index is 5.77. The summed E-state index contributed by atoms with van der Waals surface area (Å²) in [6, 6.07) is 2.30. The van der Waals surface area contributed by atoms with E-state index in [0.29, 0.717) is 25.9 Å². The minimum absolute atomic E-state index is 0.144. The average molecular weight is 239 g/mol. The van der Waals surface area contributed by atoms with E-state index in [1.54, 1.807) is 12.5 Å². The predicted octanol–water partition coefficient (Wildman–Crippen LogP) is 1.61. The smallest absolute Gasteiger partial charge is 0.0965 e. The lowest BCUT2D eigenvalue weighted by molar-refractivity contribution is -0.101. The summed E-state index contributed by atoms with van der Waals surface area (Å²) >= 11 is 0. The van der Waals surface area contributed by atoms with Crippen LogP contribution in [0.5, 0.6) is 0 Å². The molecule has 0 radical (unpaired) electrons. The molecule has 2 heterocycles. The van der Waals surface area contributed by atoms with Crippen LogP contribution in [0.2, 0.25) is 0 Å². The van der Waals surface area contributed by atoms with Gasteiger partial charge in [-0.2, -0.15) is 0 Å². The van der Waals surface area contributed by atoms with Crippen LogP contribution in [0, 0.1) is 0 Å². The Morgan fingerprint density at radius 2 is 2.41 bits per heavy atom. The molecule has 2 rings (SSSR count). The Labute approximate surface area is 102 Å². The van der Waals surface area contributed by atoms with E-state index in [0.717, 1.165) is 19.4 Å². The summed E-state index contributed by atoms with van der Waals surface area (Å²) in [4.78, 5) is 0. The summed E-state index contributed by atoms with van der Waals surface area (Å²) in [6.07, 6.45) is 5.69. The second-order valence-corrected chi connectivity index (χ2v) is 4.38. The summed E-state index contributed by atoms with van der Waals surface area (Å²) in [6.45, 7) is 5.25. The monoisotopic (exact) mass is 239 g/mol. The van der Waals surface area contributed by atoms with E-state index in [9.17, 15) is 0 Å². The van der Waals surface area contributed by atoms with Crippen LogP contribution < -0.4 is 5.32 Å². The molecular formula is C13H21NO3. The molecular weight excluding hydrogens is 218 g/mol. The first-order valence-corrected chi connectivity index (χ1v) is 6.34. The van der Waals surface area contributed by atoms with E-state index >= 15 is 0 Å². The lowest BCUT2D eigenvalue weighted by Gasteiger charge is -2.31. The zero-order valence-corrected chi connectivity index (χ0v) is 10.4. The van der Waals surface area contributed by atoms with Gasteiger partial charge in [0.15, 0.2) is 0 Å². The van der Waals surface area contributed by atoms with Crippen LogP contribution in [0.15, 0.2) is 23.0 Å². The molecule has 1 saturated heterocycles. The number of hydrogen-bond donors (Lipinski definition) is 1. The molecule has 4 nitrogen and oxygen atoms in total. The Morgan fingerprint density at radius 1 is 1.47 bits per heavy atom. The van der Waals surface area contributed by atoms with Crippen LogP contribution >= 0.6 is 0 Å². The molecule has 1 aromatic rings. The van der Waals surface area contributed by atoms with Crippen LogP contribution in [0.4, 0.5) is 0 Å². The SMILES string of the molecule is CCCNC(Cc1ccoc1)C1COCCO1. The van der Waals surface area contributed by atoms with Crippen LogP contribution in [0.3, 0.4) is 0 Å². The lowest BCUT2D eigenvalue weighted by Crippen LogP contribution is -2.48. The molecule has 0 bridgehead atoms. The number of rotatable bonds is 6. The van der Waals surface area contributed by atoms with Crippen molar-refractivity contribution >= 4 is 0 Å². The molecule has 1 aliphatic heterocycles. The van der Waals surface area contributed by atoms with Crippen molar-refractivity contribution in [3.63, 3.8) is 0 Å². The van der Waals surface area contributed by atoms with Crippen LogP contribution in [-0.4, -0.2) is 38.5 Å². The van der Waals surface area contributed by atoms with Crippen molar-refractivity contribution in [2.45, 2.75) is 31.9 Å². The van der Waals surface area contributed by atoms with Crippen molar-refractivity contribution in [1.82, 2.24) is 5.32 Å². The van der Waals surface area contributed by atoms with Gasteiger partial charge in [0, 0.05) is 6.04 Å². The summed E-state index contributed by atoms with van der Waals surface area (Å²) < 4.78 is 16.3. The van der Waals surface area contributed by atoms with Crippen molar-refractivity contribution in [3.05, 3.63) is 24.2 Å². The van der Waals surface area contributed by atoms with Crippen molar-refractivity contribution < 1.29 is 13.9 Å². The largest absolute Gasteiger partial charge is 0.472 e. The third-order valence-electron chi connectivity index (χ3n) is 2.98. The molecule has 1 fully saturated rings. The molecule has 1 aliphatic rings. The second-order valence-electron chi connectivity index (χ2n) is 4.38. The Morgan fingerprint density at radius 3 is 3.06 bits per heavy atom. The van der Waals surface area contributed by atoms with Crippen LogP contribution in [0.1, 0.15) is 18.9 Å².